The number of ketones is 2. The van der Waals surface area contributed by atoms with Crippen LogP contribution in [0.15, 0.2) is 58.0 Å². The Morgan fingerprint density at radius 2 is 1.87 bits per heavy atom. The van der Waals surface area contributed by atoms with Gasteiger partial charge in [0.1, 0.15) is 0 Å². The van der Waals surface area contributed by atoms with Gasteiger partial charge in [-0.15, -0.1) is 0 Å². The standard InChI is InChI=1S/C24H24N2O3S/c1-13-9-10-14(2)16(11-13)26-23(29)21(28)19-20(27)22-17(12-24(19,3)4)25-15-7-5-6-8-18(15)30-22/h5-11,19,25H,12H2,1-4H3,(H,26,29)/t19-/m0/s1. The number of benzene rings is 2. The van der Waals surface area contributed by atoms with Crippen LogP contribution in [-0.4, -0.2) is 17.5 Å². The molecule has 0 bridgehead atoms. The lowest BCUT2D eigenvalue weighted by Crippen LogP contribution is -2.47. The summed E-state index contributed by atoms with van der Waals surface area (Å²) < 4.78 is 0. The van der Waals surface area contributed by atoms with Crippen LogP contribution in [0, 0.1) is 25.2 Å². The molecule has 1 aliphatic carbocycles. The number of thioether (sulfide) groups is 1. The summed E-state index contributed by atoms with van der Waals surface area (Å²) in [5.41, 5.74) is 3.55. The molecular formula is C24H24N2O3S. The Bertz CT molecular complexity index is 1120. The molecule has 2 N–H and O–H groups in total. The molecule has 0 fully saturated rings. The van der Waals surface area contributed by atoms with Gasteiger partial charge in [0, 0.05) is 16.3 Å². The van der Waals surface area contributed by atoms with Crippen molar-refractivity contribution in [2.75, 3.05) is 10.6 Å². The predicted molar refractivity (Wildman–Crippen MR) is 119 cm³/mol. The van der Waals surface area contributed by atoms with Gasteiger partial charge >= 0.3 is 0 Å². The molecule has 1 aliphatic heterocycles. The van der Waals surface area contributed by atoms with Crippen molar-refractivity contribution in [3.8, 4) is 0 Å². The second-order valence-corrected chi connectivity index (χ2v) is 9.68. The molecule has 0 spiro atoms. The summed E-state index contributed by atoms with van der Waals surface area (Å²) in [6, 6.07) is 13.4. The molecule has 2 aliphatic rings. The fraction of sp³-hybridized carbons (Fsp3) is 0.292. The quantitative estimate of drug-likeness (QED) is 0.548. The Hall–Kier alpha value is -2.86. The van der Waals surface area contributed by atoms with E-state index in [0.717, 1.165) is 27.4 Å². The molecule has 2 aromatic carbocycles. The molecule has 1 amide bonds. The van der Waals surface area contributed by atoms with Gasteiger partial charge in [0.15, 0.2) is 5.78 Å². The van der Waals surface area contributed by atoms with Gasteiger partial charge < -0.3 is 10.6 Å². The van der Waals surface area contributed by atoms with Gasteiger partial charge in [-0.05, 0) is 55.0 Å². The first-order chi connectivity index (χ1) is 14.2. The number of hydrogen-bond donors (Lipinski definition) is 2. The molecule has 6 heteroatoms. The summed E-state index contributed by atoms with van der Waals surface area (Å²) in [6.07, 6.45) is 0.516. The number of allylic oxidation sites excluding steroid dienone is 2. The van der Waals surface area contributed by atoms with E-state index in [-0.39, 0.29) is 5.78 Å². The molecule has 0 radical (unpaired) electrons. The molecule has 154 valence electrons. The van der Waals surface area contributed by atoms with Crippen LogP contribution in [0.5, 0.6) is 0 Å². The van der Waals surface area contributed by atoms with Crippen LogP contribution >= 0.6 is 11.8 Å². The van der Waals surface area contributed by atoms with Crippen molar-refractivity contribution >= 4 is 40.6 Å². The smallest absolute Gasteiger partial charge is 0.292 e. The van der Waals surface area contributed by atoms with Gasteiger partial charge in [0.25, 0.3) is 5.91 Å². The number of fused-ring (bicyclic) bond motifs is 1. The molecule has 5 nitrogen and oxygen atoms in total. The van der Waals surface area contributed by atoms with E-state index in [1.165, 1.54) is 11.8 Å². The lowest BCUT2D eigenvalue weighted by atomic mass is 9.67. The number of Topliss-reactive ketones (excluding diaryl/α,β-unsaturated/α-hetero) is 2. The van der Waals surface area contributed by atoms with Gasteiger partial charge in [0.05, 0.1) is 16.5 Å². The first-order valence-electron chi connectivity index (χ1n) is 9.91. The minimum atomic E-state index is -1.01. The third-order valence-electron chi connectivity index (χ3n) is 5.69. The zero-order chi connectivity index (χ0) is 21.6. The molecule has 1 atom stereocenters. The van der Waals surface area contributed by atoms with Gasteiger partial charge in [-0.3, -0.25) is 14.4 Å². The SMILES string of the molecule is Cc1ccc(C)c(NC(=O)C(=O)[C@@H]2C(=O)C3=C(CC2(C)C)Nc2ccccc2S3)c1. The Morgan fingerprint density at radius 3 is 2.63 bits per heavy atom. The lowest BCUT2D eigenvalue weighted by molar-refractivity contribution is -0.144. The second-order valence-electron chi connectivity index (χ2n) is 8.63. The highest BCUT2D eigenvalue weighted by Crippen LogP contribution is 2.50. The molecule has 30 heavy (non-hydrogen) atoms. The van der Waals surface area contributed by atoms with E-state index in [2.05, 4.69) is 10.6 Å². The van der Waals surface area contributed by atoms with Gasteiger partial charge in [-0.25, -0.2) is 0 Å². The summed E-state index contributed by atoms with van der Waals surface area (Å²) in [6.45, 7) is 7.53. The number of anilines is 2. The predicted octanol–water partition coefficient (Wildman–Crippen LogP) is 4.86. The summed E-state index contributed by atoms with van der Waals surface area (Å²) >= 11 is 1.37. The van der Waals surface area contributed by atoms with E-state index in [1.54, 1.807) is 0 Å². The van der Waals surface area contributed by atoms with E-state index >= 15 is 0 Å². The average molecular weight is 421 g/mol. The van der Waals surface area contributed by atoms with Crippen molar-refractivity contribution in [3.05, 3.63) is 64.2 Å². The average Bonchev–Trinajstić information content (AvgIpc) is 2.69. The van der Waals surface area contributed by atoms with E-state index < -0.39 is 23.0 Å². The summed E-state index contributed by atoms with van der Waals surface area (Å²) in [7, 11) is 0. The lowest BCUT2D eigenvalue weighted by Gasteiger charge is -2.40. The minimum Gasteiger partial charge on any atom is -0.357 e. The van der Waals surface area contributed by atoms with Crippen LogP contribution in [0.1, 0.15) is 31.4 Å². The third kappa shape index (κ3) is 3.56. The number of carbonyl (C=O) groups excluding carboxylic acids is 3. The van der Waals surface area contributed by atoms with Gasteiger partial charge in [0.2, 0.25) is 5.78 Å². The van der Waals surface area contributed by atoms with Crippen molar-refractivity contribution in [3.63, 3.8) is 0 Å². The highest BCUT2D eigenvalue weighted by Gasteiger charge is 2.49. The number of amides is 1. The van der Waals surface area contributed by atoms with Crippen molar-refractivity contribution in [1.82, 2.24) is 0 Å². The first-order valence-corrected chi connectivity index (χ1v) is 10.7. The zero-order valence-electron chi connectivity index (χ0n) is 17.5. The van der Waals surface area contributed by atoms with Crippen LogP contribution in [0.4, 0.5) is 11.4 Å². The molecule has 0 aromatic heterocycles. The fourth-order valence-corrected chi connectivity index (χ4v) is 5.14. The van der Waals surface area contributed by atoms with Crippen molar-refractivity contribution in [2.24, 2.45) is 11.3 Å². The van der Waals surface area contributed by atoms with Crippen LogP contribution in [-0.2, 0) is 14.4 Å². The molecule has 0 unspecified atom stereocenters. The van der Waals surface area contributed by atoms with Crippen molar-refractivity contribution in [2.45, 2.75) is 39.0 Å². The number of para-hydroxylation sites is 1. The van der Waals surface area contributed by atoms with Crippen LogP contribution < -0.4 is 10.6 Å². The van der Waals surface area contributed by atoms with Gasteiger partial charge in [-0.2, -0.15) is 0 Å². The number of rotatable bonds is 3. The summed E-state index contributed by atoms with van der Waals surface area (Å²) in [4.78, 5) is 40.8. The largest absolute Gasteiger partial charge is 0.357 e. The third-order valence-corrected chi connectivity index (χ3v) is 6.91. The van der Waals surface area contributed by atoms with E-state index in [4.69, 9.17) is 0 Å². The Balaban J connectivity index is 1.62. The highest BCUT2D eigenvalue weighted by atomic mass is 32.2. The van der Waals surface area contributed by atoms with Crippen molar-refractivity contribution in [1.29, 1.82) is 0 Å². The van der Waals surface area contributed by atoms with Crippen LogP contribution in [0.3, 0.4) is 0 Å². The maximum atomic E-state index is 13.4. The van der Waals surface area contributed by atoms with Gasteiger partial charge in [-0.1, -0.05) is 49.9 Å². The topological polar surface area (TPSA) is 75.3 Å². The molecule has 4 rings (SSSR count). The Kier molecular flexibility index (Phi) is 5.06. The molecule has 0 saturated carbocycles. The van der Waals surface area contributed by atoms with Crippen LogP contribution in [0.2, 0.25) is 0 Å². The number of hydrogen-bond acceptors (Lipinski definition) is 5. The highest BCUT2D eigenvalue weighted by molar-refractivity contribution is 8.04. The van der Waals surface area contributed by atoms with E-state index in [1.807, 2.05) is 70.2 Å². The fourth-order valence-electron chi connectivity index (χ4n) is 4.08. The second kappa shape index (κ2) is 7.43. The number of nitrogens with one attached hydrogen (secondary N) is 2. The molecular weight excluding hydrogens is 396 g/mol. The molecule has 1 heterocycles. The van der Waals surface area contributed by atoms with Crippen molar-refractivity contribution < 1.29 is 14.4 Å². The Morgan fingerprint density at radius 1 is 1.13 bits per heavy atom. The maximum absolute atomic E-state index is 13.4. The normalized spacial score (nSPS) is 19.5. The monoisotopic (exact) mass is 420 g/mol. The maximum Gasteiger partial charge on any atom is 0.292 e. The zero-order valence-corrected chi connectivity index (χ0v) is 18.3. The minimum absolute atomic E-state index is 0.283. The van der Waals surface area contributed by atoms with E-state index in [9.17, 15) is 14.4 Å². The number of carbonyl (C=O) groups is 3. The number of aryl methyl sites for hydroxylation is 2. The molecule has 2 aromatic rings. The summed E-state index contributed by atoms with van der Waals surface area (Å²) in [5.74, 6) is -2.72. The molecule has 0 saturated heterocycles. The first kappa shape index (κ1) is 20.4. The van der Waals surface area contributed by atoms with Crippen LogP contribution in [0.25, 0.3) is 0 Å². The van der Waals surface area contributed by atoms with E-state index in [0.29, 0.717) is 17.0 Å². The summed E-state index contributed by atoms with van der Waals surface area (Å²) in [5, 5.41) is 6.07. The Labute approximate surface area is 180 Å².